The molecule has 7 heteroatoms. The summed E-state index contributed by atoms with van der Waals surface area (Å²) in [6.45, 7) is 3.45. The van der Waals surface area contributed by atoms with E-state index in [4.69, 9.17) is 16.6 Å². The molecule has 0 atom stereocenters. The van der Waals surface area contributed by atoms with E-state index in [0.717, 1.165) is 22.3 Å². The number of carbonyl (C=O) groups excluding carboxylic acids is 1. The van der Waals surface area contributed by atoms with Crippen LogP contribution in [0.15, 0.2) is 48.9 Å². The number of aryl methyl sites for hydroxylation is 1. The number of hydrogen-bond acceptors (Lipinski definition) is 4. The SMILES string of the molecule is CC(=O)Nc1cccc2c1nc(Nc1c(C)cccc1Cl)c1cncn12. The topological polar surface area (TPSA) is 71.3 Å². The molecule has 0 aliphatic heterocycles. The van der Waals surface area contributed by atoms with Crippen molar-refractivity contribution < 1.29 is 4.79 Å². The van der Waals surface area contributed by atoms with Crippen molar-refractivity contribution in [3.05, 3.63) is 59.5 Å². The van der Waals surface area contributed by atoms with Crippen LogP contribution in [0.2, 0.25) is 5.02 Å². The first kappa shape index (κ1) is 16.4. The lowest BCUT2D eigenvalue weighted by Gasteiger charge is -2.14. The van der Waals surface area contributed by atoms with Gasteiger partial charge in [0.1, 0.15) is 11.0 Å². The van der Waals surface area contributed by atoms with Gasteiger partial charge in [0.15, 0.2) is 5.82 Å². The standard InChI is InChI=1S/C19H16ClN5O/c1-11-5-3-6-13(20)17(11)23-19-16-9-21-10-25(16)15-8-4-7-14(18(15)24-19)22-12(2)26/h3-10H,1-2H3,(H,22,26)(H,23,24). The monoisotopic (exact) mass is 365 g/mol. The van der Waals surface area contributed by atoms with Crippen molar-refractivity contribution in [2.75, 3.05) is 10.6 Å². The lowest BCUT2D eigenvalue weighted by Crippen LogP contribution is -2.08. The molecule has 0 radical (unpaired) electrons. The molecule has 26 heavy (non-hydrogen) atoms. The molecule has 0 aliphatic carbocycles. The summed E-state index contributed by atoms with van der Waals surface area (Å²) in [6, 6.07) is 11.3. The summed E-state index contributed by atoms with van der Waals surface area (Å²) in [5.74, 6) is 0.463. The molecule has 0 aliphatic rings. The van der Waals surface area contributed by atoms with E-state index in [2.05, 4.69) is 15.6 Å². The summed E-state index contributed by atoms with van der Waals surface area (Å²) in [4.78, 5) is 20.6. The number of nitrogens with zero attached hydrogens (tertiary/aromatic N) is 3. The summed E-state index contributed by atoms with van der Waals surface area (Å²) < 4.78 is 1.93. The minimum atomic E-state index is -0.151. The smallest absolute Gasteiger partial charge is 0.221 e. The second kappa shape index (κ2) is 6.31. The van der Waals surface area contributed by atoms with Gasteiger partial charge in [-0.25, -0.2) is 9.97 Å². The van der Waals surface area contributed by atoms with E-state index >= 15 is 0 Å². The molecule has 2 aromatic carbocycles. The van der Waals surface area contributed by atoms with Crippen LogP contribution in [-0.4, -0.2) is 20.3 Å². The highest BCUT2D eigenvalue weighted by molar-refractivity contribution is 6.33. The van der Waals surface area contributed by atoms with Crippen molar-refractivity contribution in [3.63, 3.8) is 0 Å². The number of fused-ring (bicyclic) bond motifs is 3. The van der Waals surface area contributed by atoms with Gasteiger partial charge in [-0.05, 0) is 30.7 Å². The van der Waals surface area contributed by atoms with Gasteiger partial charge in [-0.3, -0.25) is 9.20 Å². The van der Waals surface area contributed by atoms with E-state index in [1.807, 2.05) is 47.7 Å². The molecule has 6 nitrogen and oxygen atoms in total. The number of benzene rings is 2. The zero-order valence-electron chi connectivity index (χ0n) is 14.2. The molecule has 2 N–H and O–H groups in total. The number of para-hydroxylation sites is 2. The fourth-order valence-corrected chi connectivity index (χ4v) is 3.23. The van der Waals surface area contributed by atoms with Crippen LogP contribution >= 0.6 is 11.6 Å². The van der Waals surface area contributed by atoms with Crippen molar-refractivity contribution in [3.8, 4) is 0 Å². The van der Waals surface area contributed by atoms with Crippen LogP contribution in [0.1, 0.15) is 12.5 Å². The fraction of sp³-hybridized carbons (Fsp3) is 0.105. The highest BCUT2D eigenvalue weighted by atomic mass is 35.5. The van der Waals surface area contributed by atoms with Gasteiger partial charge in [-0.15, -0.1) is 0 Å². The minimum Gasteiger partial charge on any atom is -0.337 e. The zero-order valence-corrected chi connectivity index (χ0v) is 15.0. The summed E-state index contributed by atoms with van der Waals surface area (Å²) >= 11 is 6.35. The summed E-state index contributed by atoms with van der Waals surface area (Å²) in [5, 5.41) is 6.77. The first-order valence-electron chi connectivity index (χ1n) is 8.09. The quantitative estimate of drug-likeness (QED) is 0.559. The second-order valence-electron chi connectivity index (χ2n) is 6.02. The summed E-state index contributed by atoms with van der Waals surface area (Å²) in [6.07, 6.45) is 3.47. The molecule has 4 rings (SSSR count). The van der Waals surface area contributed by atoms with Gasteiger partial charge < -0.3 is 10.6 Å². The van der Waals surface area contributed by atoms with Gasteiger partial charge in [0.25, 0.3) is 0 Å². The van der Waals surface area contributed by atoms with Crippen LogP contribution in [0.25, 0.3) is 16.6 Å². The van der Waals surface area contributed by atoms with E-state index in [1.165, 1.54) is 6.92 Å². The molecule has 0 saturated carbocycles. The molecule has 130 valence electrons. The lowest BCUT2D eigenvalue weighted by atomic mass is 10.2. The molecule has 0 fully saturated rings. The third-order valence-electron chi connectivity index (χ3n) is 4.16. The Bertz CT molecular complexity index is 1130. The Morgan fingerprint density at radius 2 is 1.96 bits per heavy atom. The first-order chi connectivity index (χ1) is 12.5. The molecule has 0 bridgehead atoms. The molecule has 2 aromatic heterocycles. The Morgan fingerprint density at radius 1 is 1.15 bits per heavy atom. The number of carbonyl (C=O) groups is 1. The maximum absolute atomic E-state index is 11.5. The molecule has 0 unspecified atom stereocenters. The Kier molecular flexibility index (Phi) is 3.97. The van der Waals surface area contributed by atoms with Crippen molar-refractivity contribution in [2.24, 2.45) is 0 Å². The highest BCUT2D eigenvalue weighted by Crippen LogP contribution is 2.32. The normalized spacial score (nSPS) is 11.0. The van der Waals surface area contributed by atoms with Gasteiger partial charge in [0.05, 0.1) is 34.4 Å². The van der Waals surface area contributed by atoms with Crippen molar-refractivity contribution >= 4 is 51.3 Å². The Balaban J connectivity index is 1.96. The number of anilines is 3. The summed E-state index contributed by atoms with van der Waals surface area (Å²) in [5.41, 5.74) is 4.78. The van der Waals surface area contributed by atoms with Crippen molar-refractivity contribution in [1.29, 1.82) is 0 Å². The molecular weight excluding hydrogens is 350 g/mol. The number of imidazole rings is 1. The Hall–Kier alpha value is -3.12. The van der Waals surface area contributed by atoms with Crippen LogP contribution in [0, 0.1) is 6.92 Å². The van der Waals surface area contributed by atoms with Crippen LogP contribution in [0.4, 0.5) is 17.2 Å². The average Bonchev–Trinajstić information content (AvgIpc) is 3.08. The predicted octanol–water partition coefficient (Wildman–Crippen LogP) is 4.55. The average molecular weight is 366 g/mol. The van der Waals surface area contributed by atoms with Crippen LogP contribution in [-0.2, 0) is 4.79 Å². The van der Waals surface area contributed by atoms with E-state index in [-0.39, 0.29) is 5.91 Å². The zero-order chi connectivity index (χ0) is 18.3. The van der Waals surface area contributed by atoms with Gasteiger partial charge in [0.2, 0.25) is 5.91 Å². The van der Waals surface area contributed by atoms with E-state index in [1.54, 1.807) is 12.5 Å². The number of aromatic nitrogens is 3. The van der Waals surface area contributed by atoms with Gasteiger partial charge in [-0.2, -0.15) is 0 Å². The van der Waals surface area contributed by atoms with Gasteiger partial charge in [-0.1, -0.05) is 29.8 Å². The molecule has 0 spiro atoms. The third kappa shape index (κ3) is 2.74. The third-order valence-corrected chi connectivity index (χ3v) is 4.47. The Morgan fingerprint density at radius 3 is 2.73 bits per heavy atom. The van der Waals surface area contributed by atoms with Crippen LogP contribution in [0.5, 0.6) is 0 Å². The van der Waals surface area contributed by atoms with Gasteiger partial charge >= 0.3 is 0 Å². The van der Waals surface area contributed by atoms with Gasteiger partial charge in [0, 0.05) is 6.92 Å². The highest BCUT2D eigenvalue weighted by Gasteiger charge is 2.14. The first-order valence-corrected chi connectivity index (χ1v) is 8.47. The predicted molar refractivity (Wildman–Crippen MR) is 104 cm³/mol. The lowest BCUT2D eigenvalue weighted by molar-refractivity contribution is -0.114. The molecular formula is C19H16ClN5O. The number of nitrogens with one attached hydrogen (secondary N) is 2. The van der Waals surface area contributed by atoms with E-state index in [0.29, 0.717) is 22.0 Å². The largest absolute Gasteiger partial charge is 0.337 e. The summed E-state index contributed by atoms with van der Waals surface area (Å²) in [7, 11) is 0. The molecule has 4 aromatic rings. The molecule has 0 saturated heterocycles. The second-order valence-corrected chi connectivity index (χ2v) is 6.43. The number of halogens is 1. The van der Waals surface area contributed by atoms with Crippen molar-refractivity contribution in [2.45, 2.75) is 13.8 Å². The number of rotatable bonds is 3. The van der Waals surface area contributed by atoms with Crippen molar-refractivity contribution in [1.82, 2.24) is 14.4 Å². The van der Waals surface area contributed by atoms with E-state index in [9.17, 15) is 4.79 Å². The number of hydrogen-bond donors (Lipinski definition) is 2. The van der Waals surface area contributed by atoms with E-state index < -0.39 is 0 Å². The minimum absolute atomic E-state index is 0.151. The van der Waals surface area contributed by atoms with Crippen LogP contribution in [0.3, 0.4) is 0 Å². The van der Waals surface area contributed by atoms with Crippen LogP contribution < -0.4 is 10.6 Å². The maximum atomic E-state index is 11.5. The Labute approximate surface area is 154 Å². The molecule has 1 amide bonds. The maximum Gasteiger partial charge on any atom is 0.221 e. The fourth-order valence-electron chi connectivity index (χ4n) is 2.97. The number of amides is 1. The molecule has 2 heterocycles.